The molecule has 22 heavy (non-hydrogen) atoms. The quantitative estimate of drug-likeness (QED) is 0.885. The molecule has 0 aliphatic rings. The van der Waals surface area contributed by atoms with Crippen LogP contribution >= 0.6 is 11.6 Å². The molecule has 1 aromatic heterocycles. The van der Waals surface area contributed by atoms with Crippen molar-refractivity contribution in [2.45, 2.75) is 26.3 Å². The topological polar surface area (TPSA) is 71.3 Å². The summed E-state index contributed by atoms with van der Waals surface area (Å²) >= 11 is 6.02. The number of benzene rings is 1. The van der Waals surface area contributed by atoms with Crippen molar-refractivity contribution in [3.05, 3.63) is 41.0 Å². The second-order valence-corrected chi connectivity index (χ2v) is 5.43. The van der Waals surface area contributed by atoms with E-state index in [1.165, 1.54) is 0 Å². The van der Waals surface area contributed by atoms with Gasteiger partial charge in [0.15, 0.2) is 5.82 Å². The summed E-state index contributed by atoms with van der Waals surface area (Å²) in [7, 11) is 1.83. The third kappa shape index (κ3) is 4.05. The van der Waals surface area contributed by atoms with E-state index in [2.05, 4.69) is 15.5 Å². The van der Waals surface area contributed by atoms with Crippen LogP contribution in [0.1, 0.15) is 31.6 Å². The summed E-state index contributed by atoms with van der Waals surface area (Å²) in [6, 6.07) is 6.97. The number of rotatable bonds is 6. The van der Waals surface area contributed by atoms with Crippen LogP contribution in [0.2, 0.25) is 5.02 Å². The maximum Gasteiger partial charge on any atom is 0.243 e. The van der Waals surface area contributed by atoms with Crippen molar-refractivity contribution >= 4 is 23.2 Å². The molecule has 6 nitrogen and oxygen atoms in total. The van der Waals surface area contributed by atoms with Gasteiger partial charge in [0.2, 0.25) is 11.8 Å². The molecule has 2 rings (SSSR count). The van der Waals surface area contributed by atoms with Gasteiger partial charge in [0.05, 0.1) is 23.3 Å². The van der Waals surface area contributed by atoms with Gasteiger partial charge in [-0.15, -0.1) is 0 Å². The molecule has 7 heteroatoms. The van der Waals surface area contributed by atoms with Crippen LogP contribution in [0.4, 0.5) is 5.69 Å². The third-order valence-corrected chi connectivity index (χ3v) is 3.69. The van der Waals surface area contributed by atoms with E-state index in [9.17, 15) is 4.79 Å². The van der Waals surface area contributed by atoms with Gasteiger partial charge in [0, 0.05) is 6.42 Å². The van der Waals surface area contributed by atoms with Crippen molar-refractivity contribution in [1.29, 1.82) is 0 Å². The molecule has 1 amide bonds. The van der Waals surface area contributed by atoms with Crippen molar-refractivity contribution in [1.82, 2.24) is 15.0 Å². The lowest BCUT2D eigenvalue weighted by molar-refractivity contribution is -0.117. The summed E-state index contributed by atoms with van der Waals surface area (Å²) in [6.07, 6.45) is 0.715. The smallest absolute Gasteiger partial charge is 0.243 e. The zero-order valence-corrected chi connectivity index (χ0v) is 13.6. The summed E-state index contributed by atoms with van der Waals surface area (Å²) in [4.78, 5) is 18.2. The standard InChI is InChI=1S/C15H19ClN4O2/c1-4-13-18-15(22-19-13)10(2)20(3)9-14(21)17-12-8-6-5-7-11(12)16/h5-8,10H,4,9H2,1-3H3,(H,17,21). The molecule has 2 aromatic rings. The van der Waals surface area contributed by atoms with E-state index in [4.69, 9.17) is 16.1 Å². The number of amides is 1. The van der Waals surface area contributed by atoms with Gasteiger partial charge in [-0.25, -0.2) is 0 Å². The van der Waals surface area contributed by atoms with Crippen LogP contribution in [0, 0.1) is 0 Å². The highest BCUT2D eigenvalue weighted by molar-refractivity contribution is 6.33. The van der Waals surface area contributed by atoms with Crippen LogP contribution in [-0.2, 0) is 11.2 Å². The summed E-state index contributed by atoms with van der Waals surface area (Å²) in [6.45, 7) is 4.06. The molecule has 1 aromatic carbocycles. The number of hydrogen-bond donors (Lipinski definition) is 1. The van der Waals surface area contributed by atoms with E-state index in [-0.39, 0.29) is 18.5 Å². The Balaban J connectivity index is 1.94. The summed E-state index contributed by atoms with van der Waals surface area (Å²) in [5.74, 6) is 1.01. The summed E-state index contributed by atoms with van der Waals surface area (Å²) in [5.41, 5.74) is 0.598. The minimum absolute atomic E-state index is 0.148. The maximum absolute atomic E-state index is 12.1. The van der Waals surface area contributed by atoms with E-state index in [1.54, 1.807) is 12.1 Å². The summed E-state index contributed by atoms with van der Waals surface area (Å²) < 4.78 is 5.20. The zero-order chi connectivity index (χ0) is 16.1. The Morgan fingerprint density at radius 2 is 2.18 bits per heavy atom. The first kappa shape index (κ1) is 16.5. The molecule has 0 radical (unpaired) electrons. The van der Waals surface area contributed by atoms with Crippen LogP contribution in [0.5, 0.6) is 0 Å². The predicted octanol–water partition coefficient (Wildman–Crippen LogP) is 2.92. The molecule has 0 spiro atoms. The van der Waals surface area contributed by atoms with E-state index >= 15 is 0 Å². The Morgan fingerprint density at radius 1 is 1.45 bits per heavy atom. The number of carbonyl (C=O) groups is 1. The molecular weight excluding hydrogens is 304 g/mol. The van der Waals surface area contributed by atoms with E-state index in [0.717, 1.165) is 0 Å². The molecule has 0 aliphatic heterocycles. The van der Waals surface area contributed by atoms with Crippen molar-refractivity contribution in [2.75, 3.05) is 18.9 Å². The largest absolute Gasteiger partial charge is 0.338 e. The molecule has 0 fully saturated rings. The first-order valence-electron chi connectivity index (χ1n) is 7.08. The van der Waals surface area contributed by atoms with E-state index in [1.807, 2.05) is 37.9 Å². The van der Waals surface area contributed by atoms with Crippen LogP contribution in [-0.4, -0.2) is 34.5 Å². The van der Waals surface area contributed by atoms with Crippen LogP contribution in [0.3, 0.4) is 0 Å². The molecule has 1 heterocycles. The lowest BCUT2D eigenvalue weighted by atomic mass is 10.3. The van der Waals surface area contributed by atoms with Gasteiger partial charge in [-0.2, -0.15) is 4.98 Å². The fourth-order valence-corrected chi connectivity index (χ4v) is 2.07. The highest BCUT2D eigenvalue weighted by atomic mass is 35.5. The number of halogens is 1. The lowest BCUT2D eigenvalue weighted by Gasteiger charge is -2.21. The number of aryl methyl sites for hydroxylation is 1. The molecule has 0 saturated carbocycles. The SMILES string of the molecule is CCc1noc(C(C)N(C)CC(=O)Nc2ccccc2Cl)n1. The average Bonchev–Trinajstić information content (AvgIpc) is 2.97. The highest BCUT2D eigenvalue weighted by Gasteiger charge is 2.20. The Hall–Kier alpha value is -1.92. The van der Waals surface area contributed by atoms with E-state index < -0.39 is 0 Å². The van der Waals surface area contributed by atoms with Crippen molar-refractivity contribution in [2.24, 2.45) is 0 Å². The number of nitrogens with zero attached hydrogens (tertiary/aromatic N) is 3. The van der Waals surface area contributed by atoms with Gasteiger partial charge in [-0.05, 0) is 26.1 Å². The maximum atomic E-state index is 12.1. The number of aromatic nitrogens is 2. The van der Waals surface area contributed by atoms with Gasteiger partial charge in [0.1, 0.15) is 0 Å². The minimum atomic E-state index is -0.155. The van der Waals surface area contributed by atoms with Crippen molar-refractivity contribution in [3.63, 3.8) is 0 Å². The van der Waals surface area contributed by atoms with Crippen LogP contribution in [0.15, 0.2) is 28.8 Å². The van der Waals surface area contributed by atoms with Crippen molar-refractivity contribution < 1.29 is 9.32 Å². The first-order valence-corrected chi connectivity index (χ1v) is 7.46. The van der Waals surface area contributed by atoms with Gasteiger partial charge >= 0.3 is 0 Å². The Kier molecular flexibility index (Phi) is 5.51. The third-order valence-electron chi connectivity index (χ3n) is 3.36. The second kappa shape index (κ2) is 7.38. The summed E-state index contributed by atoms with van der Waals surface area (Å²) in [5, 5.41) is 7.16. The zero-order valence-electron chi connectivity index (χ0n) is 12.8. The van der Waals surface area contributed by atoms with E-state index in [0.29, 0.717) is 28.8 Å². The second-order valence-electron chi connectivity index (χ2n) is 5.02. The predicted molar refractivity (Wildman–Crippen MR) is 84.8 cm³/mol. The van der Waals surface area contributed by atoms with Gasteiger partial charge in [-0.3, -0.25) is 9.69 Å². The Bertz CT molecular complexity index is 644. The van der Waals surface area contributed by atoms with Crippen LogP contribution in [0.25, 0.3) is 0 Å². The molecule has 0 saturated heterocycles. The Labute approximate surface area is 134 Å². The minimum Gasteiger partial charge on any atom is -0.338 e. The fraction of sp³-hybridized carbons (Fsp3) is 0.400. The number of anilines is 1. The first-order chi connectivity index (χ1) is 10.5. The number of nitrogens with one attached hydrogen (secondary N) is 1. The number of hydrogen-bond acceptors (Lipinski definition) is 5. The highest BCUT2D eigenvalue weighted by Crippen LogP contribution is 2.21. The number of likely N-dealkylation sites (N-methyl/N-ethyl adjacent to an activating group) is 1. The van der Waals surface area contributed by atoms with Gasteiger partial charge in [0.25, 0.3) is 0 Å². The molecule has 1 atom stereocenters. The number of carbonyl (C=O) groups excluding carboxylic acids is 1. The Morgan fingerprint density at radius 3 is 2.82 bits per heavy atom. The number of para-hydroxylation sites is 1. The van der Waals surface area contributed by atoms with Gasteiger partial charge in [-0.1, -0.05) is 35.8 Å². The molecule has 0 aliphatic carbocycles. The normalized spacial score (nSPS) is 12.4. The molecule has 1 unspecified atom stereocenters. The average molecular weight is 323 g/mol. The van der Waals surface area contributed by atoms with Crippen molar-refractivity contribution in [3.8, 4) is 0 Å². The van der Waals surface area contributed by atoms with Crippen LogP contribution < -0.4 is 5.32 Å². The lowest BCUT2D eigenvalue weighted by Crippen LogP contribution is -2.32. The molecule has 118 valence electrons. The monoisotopic (exact) mass is 322 g/mol. The molecular formula is C15H19ClN4O2. The van der Waals surface area contributed by atoms with Gasteiger partial charge < -0.3 is 9.84 Å². The fourth-order valence-electron chi connectivity index (χ4n) is 1.89. The molecule has 0 bridgehead atoms. The molecule has 1 N–H and O–H groups in total.